The van der Waals surface area contributed by atoms with Crippen LogP contribution in [0.15, 0.2) is 0 Å². The minimum absolute atomic E-state index is 0.265. The molecular formula is C6H13NO2S. The van der Waals surface area contributed by atoms with Gasteiger partial charge in [-0.25, -0.2) is 8.93 Å². The molecule has 0 heterocycles. The summed E-state index contributed by atoms with van der Waals surface area (Å²) in [5.41, 5.74) is 0. The lowest BCUT2D eigenvalue weighted by atomic mass is 10.1. The second-order valence-corrected chi connectivity index (χ2v) is 3.72. The maximum atomic E-state index is 10.3. The molecule has 1 fully saturated rings. The van der Waals surface area contributed by atoms with Crippen LogP contribution in [0, 0.1) is 5.92 Å². The van der Waals surface area contributed by atoms with Crippen LogP contribution in [0.3, 0.4) is 0 Å². The van der Waals surface area contributed by atoms with Gasteiger partial charge in [0.1, 0.15) is 0 Å². The molecule has 0 aliphatic heterocycles. The van der Waals surface area contributed by atoms with Crippen LogP contribution in [0.25, 0.3) is 0 Å². The number of hydrogen-bond acceptors (Lipinski definition) is 1. The second kappa shape index (κ2) is 3.46. The van der Waals surface area contributed by atoms with E-state index in [2.05, 4.69) is 11.6 Å². The van der Waals surface area contributed by atoms with Gasteiger partial charge in [0, 0.05) is 6.04 Å². The average molecular weight is 163 g/mol. The topological polar surface area (TPSA) is 49.3 Å². The molecule has 3 nitrogen and oxygen atoms in total. The van der Waals surface area contributed by atoms with Gasteiger partial charge in [0.25, 0.3) is 0 Å². The molecule has 0 radical (unpaired) electrons. The number of nitrogens with one attached hydrogen (secondary N) is 1. The smallest absolute Gasteiger partial charge is 0.231 e. The van der Waals surface area contributed by atoms with E-state index >= 15 is 0 Å². The van der Waals surface area contributed by atoms with E-state index < -0.39 is 11.3 Å². The Morgan fingerprint density at radius 2 is 2.30 bits per heavy atom. The molecule has 0 bridgehead atoms. The summed E-state index contributed by atoms with van der Waals surface area (Å²) in [6.45, 7) is 2.17. The molecule has 0 aromatic carbocycles. The van der Waals surface area contributed by atoms with E-state index in [1.165, 1.54) is 6.42 Å². The van der Waals surface area contributed by atoms with Crippen molar-refractivity contribution in [3.05, 3.63) is 0 Å². The van der Waals surface area contributed by atoms with E-state index in [9.17, 15) is 4.21 Å². The van der Waals surface area contributed by atoms with Crippen molar-refractivity contribution in [2.45, 2.75) is 32.2 Å². The van der Waals surface area contributed by atoms with Gasteiger partial charge < -0.3 is 0 Å². The van der Waals surface area contributed by atoms with Gasteiger partial charge in [0.15, 0.2) is 0 Å². The van der Waals surface area contributed by atoms with Gasteiger partial charge in [-0.3, -0.25) is 4.55 Å². The predicted molar refractivity (Wildman–Crippen MR) is 40.7 cm³/mol. The zero-order valence-electron chi connectivity index (χ0n) is 6.04. The minimum atomic E-state index is -1.82. The van der Waals surface area contributed by atoms with Crippen molar-refractivity contribution < 1.29 is 8.76 Å². The van der Waals surface area contributed by atoms with Gasteiger partial charge in [-0.15, -0.1) is 0 Å². The van der Waals surface area contributed by atoms with Crippen molar-refractivity contribution in [3.63, 3.8) is 0 Å². The van der Waals surface area contributed by atoms with Crippen LogP contribution in [0.2, 0.25) is 0 Å². The molecular weight excluding hydrogens is 150 g/mol. The second-order valence-electron chi connectivity index (χ2n) is 2.98. The van der Waals surface area contributed by atoms with Gasteiger partial charge in [-0.2, -0.15) is 0 Å². The molecule has 0 amide bonds. The molecule has 0 spiro atoms. The summed E-state index contributed by atoms with van der Waals surface area (Å²) in [7, 11) is 0. The van der Waals surface area contributed by atoms with Crippen LogP contribution in [-0.4, -0.2) is 14.8 Å². The fourth-order valence-electron chi connectivity index (χ4n) is 1.46. The highest BCUT2D eigenvalue weighted by atomic mass is 32.2. The number of hydrogen-bond donors (Lipinski definition) is 2. The summed E-state index contributed by atoms with van der Waals surface area (Å²) in [5.74, 6) is 0.709. The standard InChI is InChI=1S/C6H13NO2S/c1-5-2-3-6(4-5)7-10(8)9/h5-7H,2-4H2,1H3,(H,8,9). The molecule has 1 aliphatic carbocycles. The maximum absolute atomic E-state index is 10.3. The van der Waals surface area contributed by atoms with Crippen LogP contribution in [0.1, 0.15) is 26.2 Å². The van der Waals surface area contributed by atoms with Crippen LogP contribution in [0.4, 0.5) is 0 Å². The van der Waals surface area contributed by atoms with Crippen molar-refractivity contribution in [3.8, 4) is 0 Å². The fourth-order valence-corrected chi connectivity index (χ4v) is 1.96. The molecule has 2 N–H and O–H groups in total. The van der Waals surface area contributed by atoms with Crippen LogP contribution >= 0.6 is 0 Å². The Kier molecular flexibility index (Phi) is 2.82. The average Bonchev–Trinajstić information content (AvgIpc) is 2.13. The Balaban J connectivity index is 2.24. The summed E-state index contributed by atoms with van der Waals surface area (Å²) < 4.78 is 21.3. The lowest BCUT2D eigenvalue weighted by Crippen LogP contribution is -2.27. The van der Waals surface area contributed by atoms with Gasteiger partial charge in [0.2, 0.25) is 11.3 Å². The summed E-state index contributed by atoms with van der Waals surface area (Å²) in [5, 5.41) is 0. The first-order chi connectivity index (χ1) is 4.68. The minimum Gasteiger partial charge on any atom is -0.294 e. The first-order valence-corrected chi connectivity index (χ1v) is 4.66. The summed E-state index contributed by atoms with van der Waals surface area (Å²) in [4.78, 5) is 0. The molecule has 0 aromatic heterocycles. The van der Waals surface area contributed by atoms with Crippen molar-refractivity contribution in [1.82, 2.24) is 4.72 Å². The summed E-state index contributed by atoms with van der Waals surface area (Å²) >= 11 is -1.82. The largest absolute Gasteiger partial charge is 0.294 e. The molecule has 4 heteroatoms. The van der Waals surface area contributed by atoms with E-state index in [0.717, 1.165) is 12.8 Å². The lowest BCUT2D eigenvalue weighted by Gasteiger charge is -2.06. The first-order valence-electron chi connectivity index (χ1n) is 3.55. The molecule has 0 aromatic rings. The van der Waals surface area contributed by atoms with E-state index in [1.54, 1.807) is 0 Å². The Morgan fingerprint density at radius 3 is 2.70 bits per heavy atom. The van der Waals surface area contributed by atoms with Crippen molar-refractivity contribution in [2.24, 2.45) is 5.92 Å². The highest BCUT2D eigenvalue weighted by Gasteiger charge is 2.21. The summed E-state index contributed by atoms with van der Waals surface area (Å²) in [6.07, 6.45) is 3.24. The summed E-state index contributed by atoms with van der Waals surface area (Å²) in [6, 6.07) is 0.265. The number of rotatable bonds is 2. The molecule has 3 atom stereocenters. The monoisotopic (exact) mass is 163 g/mol. The van der Waals surface area contributed by atoms with Crippen molar-refractivity contribution >= 4 is 11.3 Å². The molecule has 1 rings (SSSR count). The molecule has 60 valence electrons. The predicted octanol–water partition coefficient (Wildman–Crippen LogP) is 0.901. The van der Waals surface area contributed by atoms with Gasteiger partial charge in [-0.1, -0.05) is 6.92 Å². The molecule has 1 aliphatic rings. The fraction of sp³-hybridized carbons (Fsp3) is 1.00. The van der Waals surface area contributed by atoms with Gasteiger partial charge in [0.05, 0.1) is 0 Å². The van der Waals surface area contributed by atoms with E-state index in [-0.39, 0.29) is 6.04 Å². The van der Waals surface area contributed by atoms with Gasteiger partial charge >= 0.3 is 0 Å². The third kappa shape index (κ3) is 2.36. The Morgan fingerprint density at radius 1 is 1.60 bits per heavy atom. The third-order valence-corrected chi connectivity index (χ3v) is 2.50. The normalized spacial score (nSPS) is 36.2. The Bertz CT molecular complexity index is 140. The van der Waals surface area contributed by atoms with E-state index in [4.69, 9.17) is 4.55 Å². The van der Waals surface area contributed by atoms with E-state index in [1.807, 2.05) is 0 Å². The van der Waals surface area contributed by atoms with Crippen molar-refractivity contribution in [1.29, 1.82) is 0 Å². The molecule has 10 heavy (non-hydrogen) atoms. The maximum Gasteiger partial charge on any atom is 0.231 e. The Labute approximate surface area is 63.6 Å². The lowest BCUT2D eigenvalue weighted by molar-refractivity contribution is 0.516. The first kappa shape index (κ1) is 8.17. The molecule has 0 saturated heterocycles. The van der Waals surface area contributed by atoms with Gasteiger partial charge in [-0.05, 0) is 25.2 Å². The van der Waals surface area contributed by atoms with E-state index in [0.29, 0.717) is 5.92 Å². The molecule has 3 unspecified atom stereocenters. The van der Waals surface area contributed by atoms with Crippen molar-refractivity contribution in [2.75, 3.05) is 0 Å². The highest BCUT2D eigenvalue weighted by Crippen LogP contribution is 2.24. The zero-order valence-corrected chi connectivity index (χ0v) is 6.86. The van der Waals surface area contributed by atoms with Crippen LogP contribution in [-0.2, 0) is 11.3 Å². The quantitative estimate of drug-likeness (QED) is 0.594. The SMILES string of the molecule is CC1CCC(NS(=O)O)C1. The van der Waals surface area contributed by atoms with Crippen LogP contribution in [0.5, 0.6) is 0 Å². The molecule has 1 saturated carbocycles. The zero-order chi connectivity index (χ0) is 7.56. The third-order valence-electron chi connectivity index (χ3n) is 1.96. The highest BCUT2D eigenvalue weighted by molar-refractivity contribution is 7.77. The Hall–Kier alpha value is 0.0700. The van der Waals surface area contributed by atoms with Crippen LogP contribution < -0.4 is 4.72 Å².